The zero-order valence-electron chi connectivity index (χ0n) is 11.2. The molecule has 0 saturated carbocycles. The molecule has 0 rings (SSSR count). The molecule has 0 unspecified atom stereocenters. The molecule has 0 aromatic carbocycles. The van der Waals surface area contributed by atoms with Crippen LogP contribution in [0.5, 0.6) is 0 Å². The minimum atomic E-state index is -0.881. The summed E-state index contributed by atoms with van der Waals surface area (Å²) < 4.78 is 1.43. The van der Waals surface area contributed by atoms with Gasteiger partial charge in [-0.25, -0.2) is 0 Å². The van der Waals surface area contributed by atoms with Gasteiger partial charge in [0.05, 0.1) is 17.3 Å². The smallest absolute Gasteiger partial charge is 0.313 e. The van der Waals surface area contributed by atoms with E-state index < -0.39 is 17.9 Å². The van der Waals surface area contributed by atoms with E-state index in [1.54, 1.807) is 22.5 Å². The fourth-order valence-corrected chi connectivity index (χ4v) is 1.19. The average Bonchev–Trinajstić information content (AvgIpc) is 2.41. The monoisotopic (exact) mass is 453 g/mol. The first-order valence-corrected chi connectivity index (χ1v) is 9.27. The van der Waals surface area contributed by atoms with E-state index in [0.29, 0.717) is 0 Å². The molecule has 0 heterocycles. The van der Waals surface area contributed by atoms with Crippen molar-refractivity contribution in [3.05, 3.63) is 0 Å². The summed E-state index contributed by atoms with van der Waals surface area (Å²) in [6, 6.07) is 0. The van der Waals surface area contributed by atoms with Gasteiger partial charge in [0.25, 0.3) is 0 Å². The Labute approximate surface area is 149 Å². The van der Waals surface area contributed by atoms with Crippen LogP contribution in [0.1, 0.15) is 19.8 Å². The molecule has 6 nitrogen and oxygen atoms in total. The van der Waals surface area contributed by atoms with Gasteiger partial charge in [0.15, 0.2) is 0 Å². The molecule has 0 aromatic heterocycles. The van der Waals surface area contributed by atoms with Crippen molar-refractivity contribution in [2.24, 2.45) is 0 Å². The van der Waals surface area contributed by atoms with E-state index in [1.165, 1.54) is 17.3 Å². The molecule has 10 heteroatoms. The number of rotatable bonds is 5. The normalized spacial score (nSPS) is 7.65. The van der Waals surface area contributed by atoms with Gasteiger partial charge in [-0.3, -0.25) is 14.4 Å². The second-order valence-electron chi connectivity index (χ2n) is 2.76. The Morgan fingerprint density at radius 3 is 1.05 bits per heavy atom. The van der Waals surface area contributed by atoms with Crippen molar-refractivity contribution in [2.75, 3.05) is 17.3 Å². The number of hydrogen-bond acceptors (Lipinski definition) is 6. The molecule has 0 atom stereocenters. The molecule has 119 valence electrons. The summed E-state index contributed by atoms with van der Waals surface area (Å²) in [6.45, 7) is 2.23. The van der Waals surface area contributed by atoms with Crippen LogP contribution in [-0.2, 0) is 14.4 Å². The maximum absolute atomic E-state index is 9.29. The fraction of sp³-hybridized carbons (Fsp3) is 0.700. The number of aliphatic carboxylic acids is 3. The van der Waals surface area contributed by atoms with Crippen molar-refractivity contribution < 1.29 is 29.7 Å². The molecule has 0 aliphatic heterocycles. The molecular formula is C10H21O6S3Sn. The third-order valence-corrected chi connectivity index (χ3v) is 2.76. The fourth-order valence-electron chi connectivity index (χ4n) is 0.177. The van der Waals surface area contributed by atoms with Crippen LogP contribution >= 0.6 is 37.9 Å². The van der Waals surface area contributed by atoms with E-state index in [1.807, 2.05) is 0 Å². The molecule has 0 aliphatic carbocycles. The van der Waals surface area contributed by atoms with Gasteiger partial charge in [0.1, 0.15) is 0 Å². The number of unbranched alkanes of at least 4 members (excludes halogenated alkanes) is 1. The topological polar surface area (TPSA) is 112 Å². The SMILES string of the molecule is CCC[CH2][Sn].O=C(O)CS.O=C(O)CS.O=C(O)CS. The van der Waals surface area contributed by atoms with E-state index in [0.717, 1.165) is 0 Å². The van der Waals surface area contributed by atoms with Crippen LogP contribution in [0.25, 0.3) is 0 Å². The summed E-state index contributed by atoms with van der Waals surface area (Å²) in [7, 11) is 0. The van der Waals surface area contributed by atoms with E-state index >= 15 is 0 Å². The molecular weight excluding hydrogens is 431 g/mol. The van der Waals surface area contributed by atoms with Gasteiger partial charge in [-0.1, -0.05) is 0 Å². The van der Waals surface area contributed by atoms with Crippen molar-refractivity contribution >= 4 is 78.3 Å². The summed E-state index contributed by atoms with van der Waals surface area (Å²) >= 11 is 11.9. The minimum absolute atomic E-state index is 0.0833. The van der Waals surface area contributed by atoms with Crippen LogP contribution in [0, 0.1) is 0 Å². The maximum Gasteiger partial charge on any atom is 0.313 e. The van der Waals surface area contributed by atoms with Gasteiger partial charge in [-0.2, -0.15) is 37.9 Å². The Hall–Kier alpha value is 0.259. The number of thiol groups is 3. The molecule has 0 amide bonds. The summed E-state index contributed by atoms with van der Waals surface area (Å²) in [5.74, 6) is -2.89. The molecule has 0 saturated heterocycles. The molecule has 0 aliphatic rings. The van der Waals surface area contributed by atoms with Crippen LogP contribution in [-0.4, -0.2) is 73.0 Å². The maximum atomic E-state index is 9.29. The summed E-state index contributed by atoms with van der Waals surface area (Å²) in [5.41, 5.74) is 0. The van der Waals surface area contributed by atoms with Gasteiger partial charge in [-0.15, -0.1) is 0 Å². The van der Waals surface area contributed by atoms with E-state index in [9.17, 15) is 14.4 Å². The molecule has 0 bridgehead atoms. The zero-order valence-corrected chi connectivity index (χ0v) is 16.7. The van der Waals surface area contributed by atoms with Gasteiger partial charge in [0, 0.05) is 0 Å². The molecule has 0 aromatic rings. The van der Waals surface area contributed by atoms with Crippen LogP contribution < -0.4 is 0 Å². The number of carbonyl (C=O) groups is 3. The quantitative estimate of drug-likeness (QED) is 0.278. The van der Waals surface area contributed by atoms with Crippen molar-refractivity contribution in [3.8, 4) is 0 Å². The van der Waals surface area contributed by atoms with Crippen LogP contribution in [0.15, 0.2) is 0 Å². The predicted octanol–water partition coefficient (Wildman–Crippen LogP) is 1.38. The van der Waals surface area contributed by atoms with Gasteiger partial charge >= 0.3 is 64.6 Å². The van der Waals surface area contributed by atoms with E-state index in [2.05, 4.69) is 44.8 Å². The molecule has 0 fully saturated rings. The Balaban J connectivity index is -0.0000000853. The Morgan fingerprint density at radius 2 is 1.05 bits per heavy atom. The third kappa shape index (κ3) is 79.7. The zero-order chi connectivity index (χ0) is 17.0. The molecule has 20 heavy (non-hydrogen) atoms. The second-order valence-corrected chi connectivity index (χ2v) is 5.13. The van der Waals surface area contributed by atoms with E-state index in [-0.39, 0.29) is 17.3 Å². The first-order chi connectivity index (χ1) is 9.22. The largest absolute Gasteiger partial charge is 0.481 e. The molecule has 0 spiro atoms. The number of carboxylic acids is 3. The standard InChI is InChI=1S/C4H9.3C2H4O2S.Sn/c1-3-4-2;3*3-2(4)1-5;/h1,3-4H2,2H3;3*5H,1H2,(H,3,4);. The second kappa shape index (κ2) is 27.6. The Morgan fingerprint density at radius 1 is 0.850 bits per heavy atom. The van der Waals surface area contributed by atoms with Crippen molar-refractivity contribution in [1.29, 1.82) is 0 Å². The summed E-state index contributed by atoms with van der Waals surface area (Å²) in [5, 5.41) is 22.9. The first-order valence-electron chi connectivity index (χ1n) is 5.35. The van der Waals surface area contributed by atoms with Crippen molar-refractivity contribution in [1.82, 2.24) is 0 Å². The van der Waals surface area contributed by atoms with Crippen LogP contribution in [0.4, 0.5) is 0 Å². The Kier molecular flexibility index (Phi) is 39.2. The van der Waals surface area contributed by atoms with Crippen LogP contribution in [0.2, 0.25) is 4.44 Å². The summed E-state index contributed by atoms with van der Waals surface area (Å²) in [6.07, 6.45) is 2.80. The molecule has 3 radical (unpaired) electrons. The van der Waals surface area contributed by atoms with Crippen LogP contribution in [0.3, 0.4) is 0 Å². The average molecular weight is 452 g/mol. The minimum Gasteiger partial charge on any atom is -0.481 e. The van der Waals surface area contributed by atoms with Crippen molar-refractivity contribution in [3.63, 3.8) is 0 Å². The third-order valence-electron chi connectivity index (χ3n) is 0.936. The number of carboxylic acid groups (broad SMARTS) is 3. The summed E-state index contributed by atoms with van der Waals surface area (Å²) in [4.78, 5) is 27.9. The van der Waals surface area contributed by atoms with Gasteiger partial charge in [-0.05, 0) is 0 Å². The predicted molar refractivity (Wildman–Crippen MR) is 89.9 cm³/mol. The van der Waals surface area contributed by atoms with Crippen molar-refractivity contribution in [2.45, 2.75) is 24.2 Å². The van der Waals surface area contributed by atoms with Gasteiger partial charge < -0.3 is 15.3 Å². The van der Waals surface area contributed by atoms with E-state index in [4.69, 9.17) is 15.3 Å². The first kappa shape index (κ1) is 28.4. The molecule has 3 N–H and O–H groups in total. The Bertz CT molecular complexity index is 206. The van der Waals surface area contributed by atoms with Gasteiger partial charge in [0.2, 0.25) is 0 Å². The number of hydrogen-bond donors (Lipinski definition) is 6.